The second-order valence-corrected chi connectivity index (χ2v) is 11.3. The van der Waals surface area contributed by atoms with Crippen molar-refractivity contribution in [3.8, 4) is 34.1 Å². The van der Waals surface area contributed by atoms with Crippen LogP contribution in [0.15, 0.2) is 94.7 Å². The van der Waals surface area contributed by atoms with Gasteiger partial charge in [0.25, 0.3) is 0 Å². The first-order chi connectivity index (χ1) is 17.7. The molecule has 5 rings (SSSR count). The lowest BCUT2D eigenvalue weighted by Crippen LogP contribution is -2.10. The molecule has 0 unspecified atom stereocenters. The van der Waals surface area contributed by atoms with Crippen molar-refractivity contribution >= 4 is 20.2 Å². The van der Waals surface area contributed by atoms with Gasteiger partial charge >= 0.3 is 20.2 Å². The van der Waals surface area contributed by atoms with Gasteiger partial charge in [-0.2, -0.15) is 16.8 Å². The van der Waals surface area contributed by atoms with Gasteiger partial charge in [-0.15, -0.1) is 0 Å². The SMILES string of the molecule is COc1cccc(OS(=O)(=O)c2ccc3c(c2)Cc2cc(S(=O)(=O)Oc4cccc(OC)c4)ccc2-3)c1. The van der Waals surface area contributed by atoms with E-state index >= 15 is 0 Å². The normalized spacial score (nSPS) is 12.4. The average molecular weight is 539 g/mol. The van der Waals surface area contributed by atoms with E-state index in [1.165, 1.54) is 50.6 Å². The zero-order valence-electron chi connectivity index (χ0n) is 19.9. The highest BCUT2D eigenvalue weighted by atomic mass is 32.2. The van der Waals surface area contributed by atoms with Crippen molar-refractivity contribution in [2.45, 2.75) is 16.2 Å². The molecule has 0 atom stereocenters. The molecule has 8 nitrogen and oxygen atoms in total. The summed E-state index contributed by atoms with van der Waals surface area (Å²) in [5.74, 6) is 1.21. The molecule has 0 saturated carbocycles. The first kappa shape index (κ1) is 24.7. The molecule has 10 heteroatoms. The van der Waals surface area contributed by atoms with Crippen molar-refractivity contribution in [1.82, 2.24) is 0 Å². The van der Waals surface area contributed by atoms with Crippen LogP contribution in [0, 0.1) is 0 Å². The molecular weight excluding hydrogens is 516 g/mol. The van der Waals surface area contributed by atoms with E-state index in [0.717, 1.165) is 22.3 Å². The second kappa shape index (κ2) is 9.45. The minimum atomic E-state index is -4.10. The highest BCUT2D eigenvalue weighted by Crippen LogP contribution is 2.39. The fraction of sp³-hybridized carbons (Fsp3) is 0.111. The minimum absolute atomic E-state index is 0.00363. The van der Waals surface area contributed by atoms with E-state index in [9.17, 15) is 16.8 Å². The summed E-state index contributed by atoms with van der Waals surface area (Å²) in [7, 11) is -5.24. The fourth-order valence-corrected chi connectivity index (χ4v) is 6.08. The van der Waals surface area contributed by atoms with Gasteiger partial charge in [0.05, 0.1) is 14.2 Å². The molecule has 0 fully saturated rings. The van der Waals surface area contributed by atoms with Crippen LogP contribution in [0.5, 0.6) is 23.0 Å². The summed E-state index contributed by atoms with van der Waals surface area (Å²) < 4.78 is 72.5. The van der Waals surface area contributed by atoms with Crippen LogP contribution in [-0.2, 0) is 26.7 Å². The summed E-state index contributed by atoms with van der Waals surface area (Å²) in [5.41, 5.74) is 3.14. The topological polar surface area (TPSA) is 105 Å². The largest absolute Gasteiger partial charge is 0.497 e. The third-order valence-corrected chi connectivity index (χ3v) is 8.38. The van der Waals surface area contributed by atoms with Crippen molar-refractivity contribution < 1.29 is 34.7 Å². The van der Waals surface area contributed by atoms with Gasteiger partial charge in [0.15, 0.2) is 0 Å². The number of fused-ring (bicyclic) bond motifs is 3. The van der Waals surface area contributed by atoms with Crippen molar-refractivity contribution in [3.63, 3.8) is 0 Å². The summed E-state index contributed by atoms with van der Waals surface area (Å²) in [6, 6.07) is 22.1. The second-order valence-electron chi connectivity index (χ2n) is 8.25. The molecule has 0 spiro atoms. The van der Waals surface area contributed by atoms with E-state index in [0.29, 0.717) is 17.9 Å². The maximum Gasteiger partial charge on any atom is 0.339 e. The van der Waals surface area contributed by atoms with E-state index in [4.69, 9.17) is 17.8 Å². The standard InChI is InChI=1S/C27H22O8S2/c1-32-20-5-3-7-22(16-20)34-36(28,29)24-9-11-26-18(14-24)13-19-15-25(10-12-27(19)26)37(30,31)35-23-8-4-6-21(17-23)33-2/h3-12,14-17H,13H2,1-2H3. The zero-order chi connectivity index (χ0) is 26.2. The minimum Gasteiger partial charge on any atom is -0.497 e. The maximum absolute atomic E-state index is 12.9. The fourth-order valence-electron chi connectivity index (χ4n) is 4.13. The Morgan fingerprint density at radius 3 is 1.35 bits per heavy atom. The lowest BCUT2D eigenvalue weighted by atomic mass is 10.1. The Morgan fingerprint density at radius 2 is 0.946 bits per heavy atom. The Labute approximate surface area is 215 Å². The Hall–Kier alpha value is -4.02. The maximum atomic E-state index is 12.9. The van der Waals surface area contributed by atoms with E-state index < -0.39 is 20.2 Å². The van der Waals surface area contributed by atoms with Gasteiger partial charge in [0, 0.05) is 12.1 Å². The molecule has 0 aliphatic heterocycles. The highest BCUT2D eigenvalue weighted by molar-refractivity contribution is 7.87. The van der Waals surface area contributed by atoms with E-state index in [2.05, 4.69) is 0 Å². The zero-order valence-corrected chi connectivity index (χ0v) is 21.5. The van der Waals surface area contributed by atoms with Crippen LogP contribution in [0.3, 0.4) is 0 Å². The van der Waals surface area contributed by atoms with Crippen molar-refractivity contribution in [1.29, 1.82) is 0 Å². The molecular formula is C27H22O8S2. The quantitative estimate of drug-likeness (QED) is 0.259. The number of hydrogen-bond donors (Lipinski definition) is 0. The number of methoxy groups -OCH3 is 2. The summed E-state index contributed by atoms with van der Waals surface area (Å²) in [4.78, 5) is -0.00726. The number of ether oxygens (including phenoxy) is 2. The molecule has 0 aromatic heterocycles. The molecule has 1 aliphatic rings. The molecule has 0 heterocycles. The third-order valence-electron chi connectivity index (χ3n) is 5.90. The van der Waals surface area contributed by atoms with Gasteiger partial charge < -0.3 is 17.8 Å². The van der Waals surface area contributed by atoms with E-state index in [1.54, 1.807) is 48.5 Å². The Kier molecular flexibility index (Phi) is 6.30. The molecule has 1 aliphatic carbocycles. The van der Waals surface area contributed by atoms with Gasteiger partial charge in [0.2, 0.25) is 0 Å². The third kappa shape index (κ3) is 4.98. The first-order valence-electron chi connectivity index (χ1n) is 11.1. The smallest absolute Gasteiger partial charge is 0.339 e. The molecule has 0 amide bonds. The number of hydrogen-bond acceptors (Lipinski definition) is 8. The molecule has 0 radical (unpaired) electrons. The van der Waals surface area contributed by atoms with Crippen LogP contribution < -0.4 is 17.8 Å². The van der Waals surface area contributed by atoms with Crippen LogP contribution in [0.4, 0.5) is 0 Å². The molecule has 4 aromatic carbocycles. The molecule has 190 valence electrons. The summed E-state index contributed by atoms with van der Waals surface area (Å²) in [6.07, 6.45) is 0.357. The Morgan fingerprint density at radius 1 is 0.541 bits per heavy atom. The van der Waals surface area contributed by atoms with E-state index in [1.807, 2.05) is 0 Å². The Balaban J connectivity index is 1.39. The summed E-state index contributed by atoms with van der Waals surface area (Å²) in [6.45, 7) is 0. The van der Waals surface area contributed by atoms with Crippen LogP contribution in [0.25, 0.3) is 11.1 Å². The van der Waals surface area contributed by atoms with Crippen molar-refractivity contribution in [2.75, 3.05) is 14.2 Å². The van der Waals surface area contributed by atoms with Gasteiger partial charge in [-0.25, -0.2) is 0 Å². The average Bonchev–Trinajstić information content (AvgIpc) is 3.25. The van der Waals surface area contributed by atoms with Crippen LogP contribution >= 0.6 is 0 Å². The molecule has 0 saturated heterocycles. The highest BCUT2D eigenvalue weighted by Gasteiger charge is 2.26. The lowest BCUT2D eigenvalue weighted by molar-refractivity contribution is 0.411. The molecule has 37 heavy (non-hydrogen) atoms. The van der Waals surface area contributed by atoms with Gasteiger partial charge in [-0.05, 0) is 77.2 Å². The van der Waals surface area contributed by atoms with Crippen LogP contribution in [0.1, 0.15) is 11.1 Å². The Bertz CT molecular complexity index is 1580. The molecule has 0 bridgehead atoms. The molecule has 0 N–H and O–H groups in total. The monoisotopic (exact) mass is 538 g/mol. The number of rotatable bonds is 8. The van der Waals surface area contributed by atoms with Gasteiger partial charge in [0.1, 0.15) is 32.8 Å². The van der Waals surface area contributed by atoms with E-state index in [-0.39, 0.29) is 21.3 Å². The van der Waals surface area contributed by atoms with Gasteiger partial charge in [-0.1, -0.05) is 24.3 Å². The summed E-state index contributed by atoms with van der Waals surface area (Å²) in [5, 5.41) is 0. The lowest BCUT2D eigenvalue weighted by Gasteiger charge is -2.10. The van der Waals surface area contributed by atoms with Crippen LogP contribution in [-0.4, -0.2) is 31.1 Å². The molecule has 4 aromatic rings. The predicted octanol–water partition coefficient (Wildman–Crippen LogP) is 4.81. The van der Waals surface area contributed by atoms with Crippen LogP contribution in [0.2, 0.25) is 0 Å². The van der Waals surface area contributed by atoms with Gasteiger partial charge in [-0.3, -0.25) is 0 Å². The van der Waals surface area contributed by atoms with Crippen molar-refractivity contribution in [3.05, 3.63) is 96.1 Å². The predicted molar refractivity (Wildman–Crippen MR) is 136 cm³/mol. The summed E-state index contributed by atoms with van der Waals surface area (Å²) >= 11 is 0. The van der Waals surface area contributed by atoms with Crippen molar-refractivity contribution in [2.24, 2.45) is 0 Å². The number of benzene rings is 4. The first-order valence-corrected chi connectivity index (χ1v) is 13.9.